The number of rotatable bonds is 13. The zero-order valence-corrected chi connectivity index (χ0v) is 36.7. The highest BCUT2D eigenvalue weighted by molar-refractivity contribution is 7.86. The first-order valence-electron chi connectivity index (χ1n) is 18.9. The maximum atomic E-state index is 12.0. The molecule has 0 saturated carbocycles. The third-order valence-electron chi connectivity index (χ3n) is 9.65. The number of azo groups is 2. The number of nitrogens with one attached hydrogen (secondary N) is 2. The van der Waals surface area contributed by atoms with Gasteiger partial charge < -0.3 is 20.3 Å². The number of fused-ring (bicyclic) bond motifs is 2. The summed E-state index contributed by atoms with van der Waals surface area (Å²) < 4.78 is 139. The molecule has 7 aromatic rings. The van der Waals surface area contributed by atoms with Gasteiger partial charge in [0.15, 0.2) is 0 Å². The topological polar surface area (TPSA) is 342 Å². The van der Waals surface area contributed by atoms with Gasteiger partial charge in [0.05, 0.1) is 55.5 Å². The second kappa shape index (κ2) is 17.8. The van der Waals surface area contributed by atoms with Crippen molar-refractivity contribution >= 4 is 114 Å². The zero-order valence-electron chi connectivity index (χ0n) is 33.4. The minimum atomic E-state index is -4.74. The summed E-state index contributed by atoms with van der Waals surface area (Å²) in [7, 11) is -18.7. The highest BCUT2D eigenvalue weighted by Crippen LogP contribution is 2.35. The Morgan fingerprint density at radius 3 is 1.23 bits per heavy atom. The van der Waals surface area contributed by atoms with Gasteiger partial charge in [-0.15, -0.1) is 10.2 Å². The number of hydrogen-bond acceptors (Lipinski definition) is 19. The average molecular weight is 977 g/mol. The van der Waals surface area contributed by atoms with E-state index in [2.05, 4.69) is 46.0 Å². The number of anilines is 5. The highest BCUT2D eigenvalue weighted by Gasteiger charge is 2.20. The minimum Gasteiger partial charge on any atom is -0.378 e. The average Bonchev–Trinajstić information content (AvgIpc) is 3.26. The fraction of sp³-hybridized carbons (Fsp3) is 0.103. The van der Waals surface area contributed by atoms with Crippen LogP contribution in [0, 0.1) is 0 Å². The van der Waals surface area contributed by atoms with Crippen LogP contribution in [0.15, 0.2) is 149 Å². The molecule has 2 heterocycles. The Kier molecular flexibility index (Phi) is 12.3. The van der Waals surface area contributed by atoms with Crippen LogP contribution in [0.25, 0.3) is 21.5 Å². The Hall–Kier alpha value is -6.95. The highest BCUT2D eigenvalue weighted by atomic mass is 32.2. The molecule has 0 amide bonds. The predicted molar refractivity (Wildman–Crippen MR) is 238 cm³/mol. The Morgan fingerprint density at radius 2 is 0.848 bits per heavy atom. The van der Waals surface area contributed by atoms with Gasteiger partial charge in [-0.25, -0.2) is 0 Å². The number of nitrogens with zero attached hydrogens (tertiary/aromatic N) is 8. The number of ether oxygens (including phenoxy) is 1. The van der Waals surface area contributed by atoms with Crippen LogP contribution in [0.2, 0.25) is 0 Å². The first-order valence-corrected chi connectivity index (χ1v) is 24.6. The normalized spacial score (nSPS) is 14.1. The van der Waals surface area contributed by atoms with Crippen LogP contribution in [-0.2, 0) is 45.2 Å². The molecular formula is C39H32N10O13S4. The SMILES string of the molecule is O=S(=O)(O)c1ccc2c(/N=N/c3ccc(Nc4nc(Nc5ccc(/N=N/c6cc(S(=O)(=O)O)cc7cc(S(=O)(=O)O)ccc67)cc5)nc(N5CCOCC5)n4)cc3)cc(S(=O)(=O)O)cc2c1. The fourth-order valence-electron chi connectivity index (χ4n) is 6.47. The molecule has 1 aromatic heterocycles. The molecule has 0 bridgehead atoms. The molecule has 0 radical (unpaired) electrons. The van der Waals surface area contributed by atoms with Gasteiger partial charge in [-0.05, 0) is 108 Å². The molecule has 0 atom stereocenters. The lowest BCUT2D eigenvalue weighted by molar-refractivity contribution is 0.122. The van der Waals surface area contributed by atoms with E-state index < -0.39 is 60.1 Å². The summed E-state index contributed by atoms with van der Waals surface area (Å²) in [5.74, 6) is 0.671. The molecule has 6 aromatic carbocycles. The van der Waals surface area contributed by atoms with E-state index in [0.29, 0.717) is 55.0 Å². The van der Waals surface area contributed by atoms with Crippen molar-refractivity contribution in [2.45, 2.75) is 19.6 Å². The second-order valence-corrected chi connectivity index (χ2v) is 19.9. The molecule has 1 aliphatic heterocycles. The molecule has 23 nitrogen and oxygen atoms in total. The van der Waals surface area contributed by atoms with Crippen LogP contribution in [0.4, 0.5) is 52.0 Å². The van der Waals surface area contributed by atoms with Crippen LogP contribution in [0.3, 0.4) is 0 Å². The lowest BCUT2D eigenvalue weighted by atomic mass is 10.1. The second-order valence-electron chi connectivity index (χ2n) is 14.2. The van der Waals surface area contributed by atoms with E-state index in [-0.39, 0.29) is 44.8 Å². The molecule has 6 N–H and O–H groups in total. The predicted octanol–water partition coefficient (Wildman–Crippen LogP) is 7.32. The van der Waals surface area contributed by atoms with Crippen molar-refractivity contribution in [1.82, 2.24) is 15.0 Å². The summed E-state index contributed by atoms with van der Waals surface area (Å²) in [6.45, 7) is 1.92. The summed E-state index contributed by atoms with van der Waals surface area (Å²) in [5.41, 5.74) is 1.68. The van der Waals surface area contributed by atoms with E-state index in [4.69, 9.17) is 4.74 Å². The van der Waals surface area contributed by atoms with E-state index in [1.165, 1.54) is 12.1 Å². The van der Waals surface area contributed by atoms with Crippen LogP contribution >= 0.6 is 0 Å². The summed E-state index contributed by atoms with van der Waals surface area (Å²) >= 11 is 0. The molecule has 66 heavy (non-hydrogen) atoms. The smallest absolute Gasteiger partial charge is 0.294 e. The number of morpholine rings is 1. The Morgan fingerprint density at radius 1 is 0.470 bits per heavy atom. The molecule has 0 spiro atoms. The van der Waals surface area contributed by atoms with Crippen LogP contribution < -0.4 is 15.5 Å². The molecule has 0 aliphatic carbocycles. The third-order valence-corrected chi connectivity index (χ3v) is 13.0. The van der Waals surface area contributed by atoms with Crippen molar-refractivity contribution in [2.24, 2.45) is 20.5 Å². The first kappa shape index (κ1) is 45.6. The van der Waals surface area contributed by atoms with Gasteiger partial charge in [-0.3, -0.25) is 18.2 Å². The standard InChI is InChI=1S/C39H32N10O13S4/c50-63(51,52)29-9-11-33-23(17-29)19-31(65(56,57)58)21-35(33)47-45-27-5-1-25(2-6-27)40-37-42-38(44-39(43-37)49-13-15-62-16-14-49)41-26-3-7-28(8-4-26)46-48-36-22-32(66(59,60)61)20-24-18-30(64(53,54)55)10-12-34(24)36/h1-12,17-22H,13-16H2,(H,50,51,52)(H,53,54,55)(H,56,57,58)(H,59,60,61)(H2,40,41,42,43,44)/b47-45+,48-46+. The van der Waals surface area contributed by atoms with Gasteiger partial charge >= 0.3 is 0 Å². The Bertz CT molecular complexity index is 3340. The lowest BCUT2D eigenvalue weighted by Crippen LogP contribution is -2.37. The molecule has 27 heteroatoms. The summed E-state index contributed by atoms with van der Waals surface area (Å²) in [6.07, 6.45) is 0. The van der Waals surface area contributed by atoms with E-state index in [1.807, 2.05) is 4.90 Å². The molecule has 1 saturated heterocycles. The maximum Gasteiger partial charge on any atom is 0.294 e. The van der Waals surface area contributed by atoms with Crippen molar-refractivity contribution in [3.63, 3.8) is 0 Å². The molecular weight excluding hydrogens is 945 g/mol. The van der Waals surface area contributed by atoms with Gasteiger partial charge in [0, 0.05) is 35.2 Å². The van der Waals surface area contributed by atoms with Gasteiger partial charge in [-0.1, -0.05) is 12.1 Å². The fourth-order valence-corrected chi connectivity index (χ4v) is 8.58. The molecule has 0 unspecified atom stereocenters. The molecule has 1 fully saturated rings. The van der Waals surface area contributed by atoms with E-state index in [1.54, 1.807) is 48.5 Å². The van der Waals surface area contributed by atoms with Gasteiger partial charge in [0.25, 0.3) is 40.5 Å². The van der Waals surface area contributed by atoms with Gasteiger partial charge in [0.2, 0.25) is 17.8 Å². The van der Waals surface area contributed by atoms with Crippen molar-refractivity contribution in [2.75, 3.05) is 41.8 Å². The van der Waals surface area contributed by atoms with E-state index in [0.717, 1.165) is 48.5 Å². The monoisotopic (exact) mass is 976 g/mol. The van der Waals surface area contributed by atoms with Crippen molar-refractivity contribution in [1.29, 1.82) is 0 Å². The Balaban J connectivity index is 1.02. The van der Waals surface area contributed by atoms with Gasteiger partial charge in [0.1, 0.15) is 0 Å². The summed E-state index contributed by atoms with van der Waals surface area (Å²) in [6, 6.07) is 24.1. The lowest BCUT2D eigenvalue weighted by Gasteiger charge is -2.27. The van der Waals surface area contributed by atoms with Crippen LogP contribution in [0.1, 0.15) is 0 Å². The third kappa shape index (κ3) is 10.8. The van der Waals surface area contributed by atoms with Crippen LogP contribution in [0.5, 0.6) is 0 Å². The first-order chi connectivity index (χ1) is 31.2. The summed E-state index contributed by atoms with van der Waals surface area (Å²) in [5, 5.41) is 23.6. The molecule has 1 aliphatic rings. The van der Waals surface area contributed by atoms with Crippen molar-refractivity contribution < 1.29 is 56.6 Å². The number of benzene rings is 6. The number of aromatic nitrogens is 3. The molecule has 8 rings (SSSR count). The maximum absolute atomic E-state index is 12.0. The quantitative estimate of drug-likeness (QED) is 0.0486. The van der Waals surface area contributed by atoms with Crippen molar-refractivity contribution in [3.05, 3.63) is 109 Å². The zero-order chi connectivity index (χ0) is 47.0. The van der Waals surface area contributed by atoms with E-state index >= 15 is 0 Å². The summed E-state index contributed by atoms with van der Waals surface area (Å²) in [4.78, 5) is 13.6. The van der Waals surface area contributed by atoms with Crippen molar-refractivity contribution in [3.8, 4) is 0 Å². The molecule has 340 valence electrons. The Labute approximate surface area is 375 Å². The van der Waals surface area contributed by atoms with E-state index in [9.17, 15) is 51.9 Å². The van der Waals surface area contributed by atoms with Crippen LogP contribution in [-0.4, -0.2) is 93.1 Å². The van der Waals surface area contributed by atoms with Gasteiger partial charge in [-0.2, -0.15) is 58.9 Å². The number of hydrogen-bond donors (Lipinski definition) is 6. The minimum absolute atomic E-state index is 0.0111. The largest absolute Gasteiger partial charge is 0.378 e.